The van der Waals surface area contributed by atoms with Gasteiger partial charge in [0.2, 0.25) is 5.82 Å². The molecular formula is C23H27F3N8. The average molecular weight is 473 g/mol. The van der Waals surface area contributed by atoms with Gasteiger partial charge in [0.25, 0.3) is 0 Å². The number of nitrogens with zero attached hydrogens (tertiary/aromatic N) is 6. The maximum Gasteiger partial charge on any atom is 0.336 e. The molecule has 1 atom stereocenters. The van der Waals surface area contributed by atoms with Gasteiger partial charge in [0.15, 0.2) is 12.0 Å². The molecule has 11 heteroatoms. The minimum absolute atomic E-state index is 0.274. The highest BCUT2D eigenvalue weighted by Gasteiger charge is 2.48. The summed E-state index contributed by atoms with van der Waals surface area (Å²) in [4.78, 5) is 8.52. The quantitative estimate of drug-likeness (QED) is 0.428. The average Bonchev–Trinajstić information content (AvgIpc) is 3.39. The molecule has 180 valence electrons. The fraction of sp³-hybridized carbons (Fsp3) is 0.391. The number of aryl methyl sites for hydroxylation is 1. The highest BCUT2D eigenvalue weighted by atomic mass is 19.3. The molecule has 0 amide bonds. The summed E-state index contributed by atoms with van der Waals surface area (Å²) < 4.78 is 46.4. The van der Waals surface area contributed by atoms with E-state index in [4.69, 9.17) is 5.73 Å². The van der Waals surface area contributed by atoms with Crippen molar-refractivity contribution in [3.05, 3.63) is 48.2 Å². The SMILES string of the molecule is CN=C(C=CN)Nc1cc(-c2cc3n(c2)CC(C)(C)n2c-3nnc2C(F)(F)C(C)F)c(C)cn1. The molecule has 0 spiro atoms. The lowest BCUT2D eigenvalue weighted by Crippen LogP contribution is -2.41. The number of pyridine rings is 1. The van der Waals surface area contributed by atoms with Crippen LogP contribution in [0, 0.1) is 6.92 Å². The van der Waals surface area contributed by atoms with Crippen LogP contribution in [-0.4, -0.2) is 43.4 Å². The molecule has 0 radical (unpaired) electrons. The summed E-state index contributed by atoms with van der Waals surface area (Å²) in [5.41, 5.74) is 7.99. The maximum absolute atomic E-state index is 14.6. The van der Waals surface area contributed by atoms with Crippen molar-refractivity contribution in [3.63, 3.8) is 0 Å². The molecule has 3 aromatic rings. The van der Waals surface area contributed by atoms with Crippen molar-refractivity contribution in [2.24, 2.45) is 10.7 Å². The van der Waals surface area contributed by atoms with Crippen molar-refractivity contribution in [2.75, 3.05) is 12.4 Å². The van der Waals surface area contributed by atoms with Crippen molar-refractivity contribution < 1.29 is 13.2 Å². The minimum atomic E-state index is -3.75. The zero-order valence-electron chi connectivity index (χ0n) is 19.6. The Morgan fingerprint density at radius 2 is 2.06 bits per heavy atom. The molecule has 4 rings (SSSR count). The van der Waals surface area contributed by atoms with Crippen molar-refractivity contribution >= 4 is 11.7 Å². The van der Waals surface area contributed by atoms with Crippen LogP contribution >= 0.6 is 0 Å². The topological polar surface area (TPSA) is 98.9 Å². The number of aromatic nitrogens is 5. The van der Waals surface area contributed by atoms with Gasteiger partial charge in [0.05, 0.1) is 11.2 Å². The third-order valence-corrected chi connectivity index (χ3v) is 5.91. The first-order valence-electron chi connectivity index (χ1n) is 10.8. The van der Waals surface area contributed by atoms with E-state index in [0.29, 0.717) is 23.9 Å². The number of nitrogens with one attached hydrogen (secondary N) is 1. The molecule has 0 saturated carbocycles. The Morgan fingerprint density at radius 3 is 2.71 bits per heavy atom. The van der Waals surface area contributed by atoms with Gasteiger partial charge >= 0.3 is 5.92 Å². The highest BCUT2D eigenvalue weighted by Crippen LogP contribution is 2.42. The zero-order chi connectivity index (χ0) is 24.8. The van der Waals surface area contributed by atoms with Gasteiger partial charge < -0.3 is 15.6 Å². The van der Waals surface area contributed by atoms with Crippen molar-refractivity contribution in [1.29, 1.82) is 0 Å². The molecule has 0 fully saturated rings. The van der Waals surface area contributed by atoms with Crippen LogP contribution in [-0.2, 0) is 18.0 Å². The number of halogens is 3. The molecule has 1 aliphatic heterocycles. The largest absolute Gasteiger partial charge is 0.404 e. The molecule has 8 nitrogen and oxygen atoms in total. The Morgan fingerprint density at radius 1 is 1.32 bits per heavy atom. The summed E-state index contributed by atoms with van der Waals surface area (Å²) in [5.74, 6) is -3.02. The molecule has 4 heterocycles. The molecule has 3 aromatic heterocycles. The number of hydrogen-bond donors (Lipinski definition) is 2. The predicted molar refractivity (Wildman–Crippen MR) is 126 cm³/mol. The molecule has 34 heavy (non-hydrogen) atoms. The van der Waals surface area contributed by atoms with Gasteiger partial charge in [-0.1, -0.05) is 0 Å². The van der Waals surface area contributed by atoms with E-state index in [0.717, 1.165) is 23.6 Å². The third-order valence-electron chi connectivity index (χ3n) is 5.91. The summed E-state index contributed by atoms with van der Waals surface area (Å²) >= 11 is 0. The summed E-state index contributed by atoms with van der Waals surface area (Å²) in [6.45, 7) is 6.77. The van der Waals surface area contributed by atoms with Gasteiger partial charge in [0, 0.05) is 31.5 Å². The summed E-state index contributed by atoms with van der Waals surface area (Å²) in [7, 11) is 1.64. The number of alkyl halides is 3. The zero-order valence-corrected chi connectivity index (χ0v) is 19.6. The van der Waals surface area contributed by atoms with Crippen molar-refractivity contribution in [3.8, 4) is 22.6 Å². The number of nitrogens with two attached hydrogens (primary N) is 1. The second-order valence-electron chi connectivity index (χ2n) is 8.95. The van der Waals surface area contributed by atoms with Gasteiger partial charge in [-0.2, -0.15) is 8.78 Å². The van der Waals surface area contributed by atoms with Crippen LogP contribution in [0.5, 0.6) is 0 Å². The first-order valence-corrected chi connectivity index (χ1v) is 10.8. The van der Waals surface area contributed by atoms with Crippen LogP contribution in [0.1, 0.15) is 32.2 Å². The first kappa shape index (κ1) is 23.5. The van der Waals surface area contributed by atoms with Crippen LogP contribution in [0.15, 0.2) is 41.8 Å². The second-order valence-corrected chi connectivity index (χ2v) is 8.95. The lowest BCUT2D eigenvalue weighted by Gasteiger charge is -2.35. The predicted octanol–water partition coefficient (Wildman–Crippen LogP) is 4.23. The van der Waals surface area contributed by atoms with E-state index < -0.39 is 23.5 Å². The lowest BCUT2D eigenvalue weighted by atomic mass is 10.0. The molecule has 0 saturated heterocycles. The standard InChI is InChI=1S/C23H27F3N8/c1-13-10-29-19(30-18(28-5)6-7-27)9-16(13)15-8-17-20-31-32-21(23(25,26)14(2)24)34(20)22(3,4)12-33(17)11-15/h6-11,14H,12,27H2,1-5H3,(H,28,29,30). The minimum Gasteiger partial charge on any atom is -0.404 e. The van der Waals surface area contributed by atoms with E-state index in [2.05, 4.69) is 25.5 Å². The number of aliphatic imine (C=N–C) groups is 1. The van der Waals surface area contributed by atoms with Gasteiger partial charge in [0.1, 0.15) is 11.7 Å². The molecule has 3 N–H and O–H groups in total. The van der Waals surface area contributed by atoms with Crippen LogP contribution in [0.25, 0.3) is 22.6 Å². The second kappa shape index (κ2) is 8.30. The molecule has 1 unspecified atom stereocenters. The fourth-order valence-electron chi connectivity index (χ4n) is 4.18. The number of anilines is 1. The molecule has 0 aromatic carbocycles. The monoisotopic (exact) mass is 472 g/mol. The fourth-order valence-corrected chi connectivity index (χ4v) is 4.18. The molecule has 0 aliphatic carbocycles. The van der Waals surface area contributed by atoms with Crippen molar-refractivity contribution in [1.82, 2.24) is 24.3 Å². The normalized spacial score (nSPS) is 16.4. The smallest absolute Gasteiger partial charge is 0.336 e. The number of rotatable bonds is 5. The maximum atomic E-state index is 14.6. The van der Waals surface area contributed by atoms with Crippen LogP contribution in [0.2, 0.25) is 0 Å². The Labute approximate surface area is 195 Å². The number of hydrogen-bond acceptors (Lipinski definition) is 5. The Balaban J connectivity index is 1.80. The Hall–Kier alpha value is -3.63. The van der Waals surface area contributed by atoms with Gasteiger partial charge in [-0.15, -0.1) is 10.2 Å². The summed E-state index contributed by atoms with van der Waals surface area (Å²) in [6.07, 6.45) is 4.30. The summed E-state index contributed by atoms with van der Waals surface area (Å²) in [5, 5.41) is 10.9. The van der Waals surface area contributed by atoms with E-state index in [1.54, 1.807) is 33.2 Å². The number of fused-ring (bicyclic) bond motifs is 3. The molecule has 1 aliphatic rings. The van der Waals surface area contributed by atoms with Gasteiger partial charge in [-0.3, -0.25) is 9.56 Å². The van der Waals surface area contributed by atoms with E-state index in [-0.39, 0.29) is 5.82 Å². The third kappa shape index (κ3) is 3.84. The van der Waals surface area contributed by atoms with E-state index in [1.165, 1.54) is 10.8 Å². The van der Waals surface area contributed by atoms with Crippen LogP contribution in [0.3, 0.4) is 0 Å². The Kier molecular flexibility index (Phi) is 5.74. The number of amidine groups is 1. The van der Waals surface area contributed by atoms with Crippen LogP contribution < -0.4 is 11.1 Å². The summed E-state index contributed by atoms with van der Waals surface area (Å²) in [6, 6.07) is 3.75. The van der Waals surface area contributed by atoms with Gasteiger partial charge in [-0.05, 0) is 63.2 Å². The highest BCUT2D eigenvalue weighted by molar-refractivity contribution is 6.03. The lowest BCUT2D eigenvalue weighted by molar-refractivity contribution is -0.0842. The van der Waals surface area contributed by atoms with E-state index in [9.17, 15) is 13.2 Å². The van der Waals surface area contributed by atoms with Gasteiger partial charge in [-0.25, -0.2) is 9.37 Å². The molecule has 0 bridgehead atoms. The first-order chi connectivity index (χ1) is 16.0. The van der Waals surface area contributed by atoms with Crippen LogP contribution in [0.4, 0.5) is 19.0 Å². The Bertz CT molecular complexity index is 1280. The van der Waals surface area contributed by atoms with E-state index >= 15 is 0 Å². The van der Waals surface area contributed by atoms with E-state index in [1.807, 2.05) is 29.8 Å². The molecular weight excluding hydrogens is 445 g/mol. The van der Waals surface area contributed by atoms with Crippen molar-refractivity contribution in [2.45, 2.75) is 51.9 Å².